The molecule has 0 atom stereocenters. The lowest BCUT2D eigenvalue weighted by atomic mass is 10.1. The minimum Gasteiger partial charge on any atom is -0.344 e. The predicted molar refractivity (Wildman–Crippen MR) is 521 cm³/mol. The Morgan fingerprint density at radius 2 is 0.375 bits per heavy atom. The van der Waals surface area contributed by atoms with E-state index < -0.39 is 143 Å². The SMILES string of the molecule is Cn1cc(NC(=O)c2cc(Nc3nc(Nc4cc(C(=O)Nc5cc(C(=O)Nc6cc(C(=O)Nc7ccc(S(=O)(=O)O)c8cc(S(=O)(=O)O)ccc78)n(C)c6)n(C)c5)n(C)c4)nc(Nc4cc(C(=O)Nc5cc(C(=O)Nc6cc(C(=O)Nc7ccc(S(=O)(=O)O)c8cc(S(=O)(=O)O)ccc78)n(C)c6)n(C)c5)n(C)c4)n3)cn2C)cc1C(=O)Nc1cc(C(=O)Nc2ccc(S(=O)(=O)O)c3cc(S(=O)(=O)O)ccc23)n(C)c1. The molecule has 0 aliphatic rings. The van der Waals surface area contributed by atoms with Gasteiger partial charge in [0.25, 0.3) is 114 Å². The lowest BCUT2D eigenvalue weighted by molar-refractivity contribution is 0.101. The molecule has 144 heavy (non-hydrogen) atoms. The molecular weight excluding hydrogens is 2010 g/mol. The molecule has 51 nitrogen and oxygen atoms in total. The monoisotopic (exact) mass is 2080 g/mol. The number of hydrogen-bond donors (Lipinski definition) is 18. The molecular formula is C87H78N24O27S6. The summed E-state index contributed by atoms with van der Waals surface area (Å²) in [6.45, 7) is 0. The van der Waals surface area contributed by atoms with Gasteiger partial charge in [-0.3, -0.25) is 70.5 Å². The Balaban J connectivity index is 0.605. The smallest absolute Gasteiger partial charge is 0.295 e. The maximum absolute atomic E-state index is 14.2. The first kappa shape index (κ1) is 99.7. The molecule has 57 heteroatoms. The van der Waals surface area contributed by atoms with Crippen molar-refractivity contribution < 1.29 is 121 Å². The van der Waals surface area contributed by atoms with Gasteiger partial charge in [0.15, 0.2) is 0 Å². The van der Waals surface area contributed by atoms with Crippen molar-refractivity contribution in [3.05, 3.63) is 253 Å². The molecule has 0 saturated carbocycles. The molecule has 0 bridgehead atoms. The molecule has 0 aliphatic carbocycles. The third-order valence-electron chi connectivity index (χ3n) is 22.4. The van der Waals surface area contributed by atoms with Gasteiger partial charge in [-0.25, -0.2) is 0 Å². The largest absolute Gasteiger partial charge is 0.344 e. The molecule has 0 fully saturated rings. The summed E-state index contributed by atoms with van der Waals surface area (Å²) in [7, 11) is -15.6. The zero-order chi connectivity index (χ0) is 104. The summed E-state index contributed by atoms with van der Waals surface area (Å²) < 4.78 is 217. The van der Waals surface area contributed by atoms with Gasteiger partial charge < -0.3 is 105 Å². The highest BCUT2D eigenvalue weighted by Gasteiger charge is 2.31. The summed E-state index contributed by atoms with van der Waals surface area (Å²) in [6, 6.07) is 27.3. The Hall–Kier alpha value is -17.3. The van der Waals surface area contributed by atoms with Gasteiger partial charge in [-0.1, -0.05) is 18.2 Å². The lowest BCUT2D eigenvalue weighted by Gasteiger charge is -2.12. The Morgan fingerprint density at radius 3 is 0.549 bits per heavy atom. The van der Waals surface area contributed by atoms with E-state index in [2.05, 4.69) is 78.8 Å². The minimum atomic E-state index is -4.95. The second-order valence-electron chi connectivity index (χ2n) is 32.6. The Kier molecular flexibility index (Phi) is 25.9. The maximum atomic E-state index is 14.2. The molecule has 9 amide bonds. The van der Waals surface area contributed by atoms with Crippen LogP contribution in [0.5, 0.6) is 0 Å². The van der Waals surface area contributed by atoms with Crippen LogP contribution in [0.1, 0.15) is 94.4 Å². The molecule has 0 spiro atoms. The fourth-order valence-corrected chi connectivity index (χ4v) is 19.4. The summed E-state index contributed by atoms with van der Waals surface area (Å²) in [5, 5.41) is 32.4. The van der Waals surface area contributed by atoms with E-state index in [4.69, 9.17) is 0 Å². The first-order chi connectivity index (χ1) is 67.4. The highest BCUT2D eigenvalue weighted by atomic mass is 32.2. The quantitative estimate of drug-likeness (QED) is 0.0186. The topological polar surface area (TPSA) is 707 Å². The molecule has 10 heterocycles. The zero-order valence-electron chi connectivity index (χ0n) is 75.6. The number of benzene rings is 6. The average Bonchev–Trinajstić information content (AvgIpc) is 1.12. The number of carbonyl (C=O) groups is 9. The highest BCUT2D eigenvalue weighted by Crippen LogP contribution is 2.38. The van der Waals surface area contributed by atoms with Gasteiger partial charge in [0.05, 0.1) is 65.9 Å². The van der Waals surface area contributed by atoms with Crippen LogP contribution in [0.15, 0.2) is 231 Å². The number of hydrogen-bond acceptors (Lipinski definition) is 27. The molecule has 0 aliphatic heterocycles. The van der Waals surface area contributed by atoms with E-state index in [1.807, 2.05) is 0 Å². The van der Waals surface area contributed by atoms with Crippen molar-refractivity contribution >= 4 is 232 Å². The van der Waals surface area contributed by atoms with Crippen molar-refractivity contribution in [2.45, 2.75) is 29.4 Å². The van der Waals surface area contributed by atoms with Gasteiger partial charge in [0, 0.05) is 169 Å². The van der Waals surface area contributed by atoms with E-state index in [1.165, 1.54) is 194 Å². The van der Waals surface area contributed by atoms with Crippen molar-refractivity contribution in [3.8, 4) is 0 Å². The van der Waals surface area contributed by atoms with Crippen LogP contribution in [0.2, 0.25) is 0 Å². The van der Waals surface area contributed by atoms with Gasteiger partial charge in [0.2, 0.25) is 17.8 Å². The zero-order valence-corrected chi connectivity index (χ0v) is 80.5. The van der Waals surface area contributed by atoms with Crippen molar-refractivity contribution in [1.82, 2.24) is 56.1 Å². The number of rotatable bonds is 30. The van der Waals surface area contributed by atoms with Crippen LogP contribution < -0.4 is 63.8 Å². The second kappa shape index (κ2) is 37.4. The maximum Gasteiger partial charge on any atom is 0.295 e. The molecule has 6 aromatic carbocycles. The van der Waals surface area contributed by atoms with Crippen molar-refractivity contribution in [3.63, 3.8) is 0 Å². The molecule has 16 rings (SSSR count). The van der Waals surface area contributed by atoms with Crippen LogP contribution in [0, 0.1) is 0 Å². The third-order valence-corrected chi connectivity index (χ3v) is 27.7. The summed E-state index contributed by atoms with van der Waals surface area (Å²) >= 11 is 0. The summed E-state index contributed by atoms with van der Waals surface area (Å²) in [4.78, 5) is 136. The predicted octanol–water partition coefficient (Wildman–Crippen LogP) is 9.36. The molecule has 0 radical (unpaired) electrons. The fourth-order valence-electron chi connectivity index (χ4n) is 15.8. The molecule has 0 unspecified atom stereocenters. The van der Waals surface area contributed by atoms with Crippen LogP contribution >= 0.6 is 0 Å². The normalized spacial score (nSPS) is 12.0. The van der Waals surface area contributed by atoms with Crippen LogP contribution in [-0.4, -0.2) is 187 Å². The molecule has 18 N–H and O–H groups in total. The van der Waals surface area contributed by atoms with E-state index in [-0.39, 0.29) is 170 Å². The second-order valence-corrected chi connectivity index (χ2v) is 41.0. The number of aryl methyl sites for hydroxylation is 9. The van der Waals surface area contributed by atoms with Gasteiger partial charge in [-0.15, -0.1) is 0 Å². The number of aromatic nitrogens is 12. The standard InChI is InChI=1S/C87H78N24O27S6/c1-103-34-43(22-64(103)76(112)91-46-25-70(106(4)37-46)82(118)97-61-16-19-73(142(130,131)132)58-31-52(139(121,122)123)10-13-55(58)61)88-79(115)67-28-49(40-109(67)7)94-85-100-86(95-50-29-68(110(8)41-50)80(116)89-44-23-65(104(2)35-44)77(113)92-47-26-71(107(5)38-47)83(119)98-62-17-20-74(143(133,134)135)59-32-53(140(124,125)126)11-14-56(59)62)102-87(101-85)96-51-30-69(111(9)42-51)81(117)90-45-24-66(105(3)36-45)78(114)93-48-27-72(108(6)39-48)84(120)99-63-18-21-75(144(136,137)138)60-33-54(141(127,128)129)12-15-57(60)63/h10-42H,1-9H3,(H,88,115)(H,89,116)(H,90,117)(H,91,112)(H,92,113)(H,93,114)(H,97,118)(H,98,119)(H,99,120)(H,121,122,123)(H,124,125,126)(H,127,128,129)(H,130,131,132)(H,133,134,135)(H,136,137,138)(H3,94,95,96,100,101,102). The van der Waals surface area contributed by atoms with Crippen molar-refractivity contribution in [2.24, 2.45) is 63.4 Å². The Bertz CT molecular complexity index is 8180. The Labute approximate surface area is 813 Å². The van der Waals surface area contributed by atoms with E-state index in [0.717, 1.165) is 91.0 Å². The third kappa shape index (κ3) is 21.1. The van der Waals surface area contributed by atoms with Gasteiger partial charge in [0.1, 0.15) is 65.9 Å². The molecule has 744 valence electrons. The van der Waals surface area contributed by atoms with E-state index in [9.17, 15) is 121 Å². The summed E-state index contributed by atoms with van der Waals surface area (Å²) in [5.41, 5.74) is 1.62. The molecule has 0 saturated heterocycles. The average molecular weight is 2080 g/mol. The van der Waals surface area contributed by atoms with Gasteiger partial charge in [-0.2, -0.15) is 65.5 Å². The number of nitrogens with one attached hydrogen (secondary N) is 12. The van der Waals surface area contributed by atoms with Crippen LogP contribution in [0.3, 0.4) is 0 Å². The summed E-state index contributed by atoms with van der Waals surface area (Å²) in [6.07, 6.45) is 13.2. The fraction of sp³-hybridized carbons (Fsp3) is 0.103. The van der Waals surface area contributed by atoms with Crippen molar-refractivity contribution in [1.29, 1.82) is 0 Å². The van der Waals surface area contributed by atoms with E-state index >= 15 is 0 Å². The lowest BCUT2D eigenvalue weighted by Crippen LogP contribution is -2.16. The number of carbonyl (C=O) groups excluding carboxylic acids is 9. The van der Waals surface area contributed by atoms with E-state index in [1.54, 1.807) is 21.1 Å². The minimum absolute atomic E-state index is 0.0265. The number of nitrogens with zero attached hydrogens (tertiary/aromatic N) is 12. The van der Waals surface area contributed by atoms with Gasteiger partial charge >= 0.3 is 0 Å². The number of fused-ring (bicyclic) bond motifs is 3. The molecule has 10 aromatic heterocycles. The first-order valence-corrected chi connectivity index (χ1v) is 50.0. The van der Waals surface area contributed by atoms with Crippen LogP contribution in [-0.2, 0) is 124 Å². The van der Waals surface area contributed by atoms with Gasteiger partial charge in [-0.05, 0) is 127 Å². The highest BCUT2D eigenvalue weighted by molar-refractivity contribution is 7.87. The number of amides is 9. The van der Waals surface area contributed by atoms with Crippen LogP contribution in [0.4, 0.5) is 86.1 Å². The summed E-state index contributed by atoms with van der Waals surface area (Å²) in [5.74, 6) is -6.92. The number of anilines is 15. The Morgan fingerprint density at radius 1 is 0.208 bits per heavy atom. The first-order valence-electron chi connectivity index (χ1n) is 41.4. The molecule has 16 aromatic rings. The van der Waals surface area contributed by atoms with Crippen LogP contribution in [0.25, 0.3) is 32.3 Å². The van der Waals surface area contributed by atoms with E-state index in [0.29, 0.717) is 0 Å². The van der Waals surface area contributed by atoms with Crippen molar-refractivity contribution in [2.75, 3.05) is 63.8 Å².